The molecule has 0 saturated heterocycles. The van der Waals surface area contributed by atoms with Crippen molar-refractivity contribution in [2.75, 3.05) is 24.3 Å². The molecule has 2 aromatic rings. The summed E-state index contributed by atoms with van der Waals surface area (Å²) < 4.78 is 0. The van der Waals surface area contributed by atoms with Gasteiger partial charge in [-0.3, -0.25) is 0 Å². The molecule has 0 radical (unpaired) electrons. The molecule has 21 heavy (non-hydrogen) atoms. The van der Waals surface area contributed by atoms with Gasteiger partial charge in [0.1, 0.15) is 0 Å². The molecule has 110 valence electrons. The Hall–Kier alpha value is -1.67. The van der Waals surface area contributed by atoms with Gasteiger partial charge < -0.3 is 10.2 Å². The zero-order valence-corrected chi connectivity index (χ0v) is 13.3. The Morgan fingerprint density at radius 3 is 2.57 bits per heavy atom. The summed E-state index contributed by atoms with van der Waals surface area (Å²) in [6, 6.07) is 14.8. The molecule has 0 atom stereocenters. The summed E-state index contributed by atoms with van der Waals surface area (Å²) in [5.74, 6) is 0.774. The van der Waals surface area contributed by atoms with E-state index in [2.05, 4.69) is 40.5 Å². The Morgan fingerprint density at radius 1 is 1.10 bits per heavy atom. The van der Waals surface area contributed by atoms with Crippen LogP contribution in [-0.4, -0.2) is 14.1 Å². The number of nitrogens with zero attached hydrogens (tertiary/aromatic N) is 1. The molecule has 0 aromatic heterocycles. The lowest BCUT2D eigenvalue weighted by Crippen LogP contribution is -2.13. The Kier molecular flexibility index (Phi) is 4.07. The summed E-state index contributed by atoms with van der Waals surface area (Å²) in [5, 5.41) is 4.33. The van der Waals surface area contributed by atoms with Crippen LogP contribution in [0.15, 0.2) is 42.5 Å². The van der Waals surface area contributed by atoms with Crippen LogP contribution in [0, 0.1) is 0 Å². The molecule has 3 heteroatoms. The fraction of sp³-hybridized carbons (Fsp3) is 0.333. The first-order valence-corrected chi connectivity index (χ1v) is 7.82. The summed E-state index contributed by atoms with van der Waals surface area (Å²) >= 11 is 6.32. The lowest BCUT2D eigenvalue weighted by molar-refractivity contribution is 1.03. The maximum absolute atomic E-state index is 6.32. The highest BCUT2D eigenvalue weighted by molar-refractivity contribution is 6.34. The van der Waals surface area contributed by atoms with Crippen LogP contribution in [0.25, 0.3) is 0 Å². The minimum absolute atomic E-state index is 0.774. The smallest absolute Gasteiger partial charge is 0.0786 e. The van der Waals surface area contributed by atoms with E-state index >= 15 is 0 Å². The zero-order valence-electron chi connectivity index (χ0n) is 12.6. The van der Waals surface area contributed by atoms with E-state index in [1.54, 1.807) is 0 Å². The van der Waals surface area contributed by atoms with Crippen molar-refractivity contribution in [2.45, 2.75) is 25.3 Å². The standard InChI is InChI=1S/C18H21ClN2/c1-21(2)18-16(19)8-5-9-17(18)20-12-14-6-3-4-7-15(14)13-10-11-13/h3-9,13,20H,10-12H2,1-2H3. The van der Waals surface area contributed by atoms with E-state index in [1.165, 1.54) is 24.0 Å². The molecule has 1 aliphatic carbocycles. The Bertz CT molecular complexity index is 633. The van der Waals surface area contributed by atoms with Crippen molar-refractivity contribution in [1.29, 1.82) is 0 Å². The monoisotopic (exact) mass is 300 g/mol. The molecule has 0 spiro atoms. The molecular weight excluding hydrogens is 280 g/mol. The van der Waals surface area contributed by atoms with Gasteiger partial charge in [0.15, 0.2) is 0 Å². The Morgan fingerprint density at radius 2 is 1.86 bits per heavy atom. The number of anilines is 2. The molecule has 2 aromatic carbocycles. The molecule has 3 rings (SSSR count). The van der Waals surface area contributed by atoms with Gasteiger partial charge in [0.25, 0.3) is 0 Å². The third kappa shape index (κ3) is 3.16. The van der Waals surface area contributed by atoms with E-state index in [0.717, 1.165) is 28.9 Å². The highest BCUT2D eigenvalue weighted by Gasteiger charge is 2.25. The predicted molar refractivity (Wildman–Crippen MR) is 91.5 cm³/mol. The number of hydrogen-bond acceptors (Lipinski definition) is 2. The van der Waals surface area contributed by atoms with Crippen molar-refractivity contribution in [3.05, 3.63) is 58.6 Å². The maximum atomic E-state index is 6.32. The third-order valence-electron chi connectivity index (χ3n) is 3.98. The van der Waals surface area contributed by atoms with E-state index in [0.29, 0.717) is 0 Å². The SMILES string of the molecule is CN(C)c1c(Cl)cccc1NCc1ccccc1C1CC1. The average molecular weight is 301 g/mol. The van der Waals surface area contributed by atoms with Gasteiger partial charge in [0.2, 0.25) is 0 Å². The lowest BCUT2D eigenvalue weighted by atomic mass is 10.0. The van der Waals surface area contributed by atoms with Crippen LogP contribution in [0.1, 0.15) is 29.9 Å². The first kappa shape index (κ1) is 14.3. The highest BCUT2D eigenvalue weighted by Crippen LogP contribution is 2.42. The number of hydrogen-bond donors (Lipinski definition) is 1. The number of para-hydroxylation sites is 1. The molecule has 2 nitrogen and oxygen atoms in total. The molecule has 1 N–H and O–H groups in total. The zero-order chi connectivity index (χ0) is 14.8. The van der Waals surface area contributed by atoms with E-state index in [-0.39, 0.29) is 0 Å². The fourth-order valence-electron chi connectivity index (χ4n) is 2.79. The predicted octanol–water partition coefficient (Wildman–Crippen LogP) is 4.90. The summed E-state index contributed by atoms with van der Waals surface area (Å²) in [6.07, 6.45) is 2.66. The van der Waals surface area contributed by atoms with Crippen molar-refractivity contribution in [2.24, 2.45) is 0 Å². The first-order valence-electron chi connectivity index (χ1n) is 7.44. The maximum Gasteiger partial charge on any atom is 0.0786 e. The van der Waals surface area contributed by atoms with Gasteiger partial charge >= 0.3 is 0 Å². The second kappa shape index (κ2) is 5.98. The Balaban J connectivity index is 1.81. The van der Waals surface area contributed by atoms with Crippen molar-refractivity contribution in [3.8, 4) is 0 Å². The van der Waals surface area contributed by atoms with E-state index in [1.807, 2.05) is 26.2 Å². The number of benzene rings is 2. The van der Waals surface area contributed by atoms with Gasteiger partial charge in [0.05, 0.1) is 16.4 Å². The highest BCUT2D eigenvalue weighted by atomic mass is 35.5. The largest absolute Gasteiger partial charge is 0.379 e. The van der Waals surface area contributed by atoms with Gasteiger partial charge in [-0.05, 0) is 42.0 Å². The fourth-order valence-corrected chi connectivity index (χ4v) is 3.13. The van der Waals surface area contributed by atoms with Gasteiger partial charge in [-0.1, -0.05) is 41.9 Å². The topological polar surface area (TPSA) is 15.3 Å². The van der Waals surface area contributed by atoms with Crippen LogP contribution >= 0.6 is 11.6 Å². The second-order valence-electron chi connectivity index (χ2n) is 5.86. The average Bonchev–Trinajstić information content (AvgIpc) is 3.29. The van der Waals surface area contributed by atoms with Crippen LogP contribution < -0.4 is 10.2 Å². The molecule has 0 bridgehead atoms. The third-order valence-corrected chi connectivity index (χ3v) is 4.28. The molecule has 0 amide bonds. The number of halogens is 1. The second-order valence-corrected chi connectivity index (χ2v) is 6.26. The molecule has 1 fully saturated rings. The van der Waals surface area contributed by atoms with Crippen molar-refractivity contribution >= 4 is 23.0 Å². The molecular formula is C18H21ClN2. The van der Waals surface area contributed by atoms with Crippen LogP contribution in [-0.2, 0) is 6.54 Å². The van der Waals surface area contributed by atoms with Crippen molar-refractivity contribution in [1.82, 2.24) is 0 Å². The molecule has 0 unspecified atom stereocenters. The van der Waals surface area contributed by atoms with Gasteiger partial charge in [-0.25, -0.2) is 0 Å². The number of nitrogens with one attached hydrogen (secondary N) is 1. The quantitative estimate of drug-likeness (QED) is 0.845. The lowest BCUT2D eigenvalue weighted by Gasteiger charge is -2.20. The Labute approximate surface area is 131 Å². The first-order chi connectivity index (χ1) is 10.2. The molecule has 1 aliphatic rings. The summed E-state index contributed by atoms with van der Waals surface area (Å²) in [7, 11) is 4.04. The van der Waals surface area contributed by atoms with Crippen LogP contribution in [0.4, 0.5) is 11.4 Å². The van der Waals surface area contributed by atoms with Crippen molar-refractivity contribution in [3.63, 3.8) is 0 Å². The van der Waals surface area contributed by atoms with E-state index in [9.17, 15) is 0 Å². The normalized spacial score (nSPS) is 14.0. The van der Waals surface area contributed by atoms with Gasteiger partial charge in [0, 0.05) is 20.6 Å². The van der Waals surface area contributed by atoms with Gasteiger partial charge in [-0.15, -0.1) is 0 Å². The minimum Gasteiger partial charge on any atom is -0.379 e. The van der Waals surface area contributed by atoms with Crippen LogP contribution in [0.2, 0.25) is 5.02 Å². The summed E-state index contributed by atoms with van der Waals surface area (Å²) in [6.45, 7) is 0.841. The molecule has 0 aliphatic heterocycles. The summed E-state index contributed by atoms with van der Waals surface area (Å²) in [4.78, 5) is 2.05. The van der Waals surface area contributed by atoms with Crippen molar-refractivity contribution < 1.29 is 0 Å². The minimum atomic E-state index is 0.774. The molecule has 0 heterocycles. The summed E-state index contributed by atoms with van der Waals surface area (Å²) in [5.41, 5.74) is 5.02. The van der Waals surface area contributed by atoms with Gasteiger partial charge in [-0.2, -0.15) is 0 Å². The van der Waals surface area contributed by atoms with E-state index in [4.69, 9.17) is 11.6 Å². The van der Waals surface area contributed by atoms with E-state index < -0.39 is 0 Å². The number of rotatable bonds is 5. The van der Waals surface area contributed by atoms with Crippen LogP contribution in [0.5, 0.6) is 0 Å². The molecule has 1 saturated carbocycles. The van der Waals surface area contributed by atoms with Crippen LogP contribution in [0.3, 0.4) is 0 Å².